The molecular weight excluding hydrogens is 206 g/mol. The molecule has 0 bridgehead atoms. The van der Waals surface area contributed by atoms with Gasteiger partial charge in [0.05, 0.1) is 6.10 Å². The Kier molecular flexibility index (Phi) is 4.70. The summed E-state index contributed by atoms with van der Waals surface area (Å²) in [6, 6.07) is 0. The van der Waals surface area contributed by atoms with E-state index < -0.39 is 11.4 Å². The van der Waals surface area contributed by atoms with Crippen molar-refractivity contribution in [3.63, 3.8) is 0 Å². The molecule has 0 aromatic carbocycles. The molecule has 1 unspecified atom stereocenters. The van der Waals surface area contributed by atoms with Gasteiger partial charge < -0.3 is 21.1 Å². The lowest BCUT2D eigenvalue weighted by atomic mass is 10.00. The zero-order valence-electron chi connectivity index (χ0n) is 10.2. The van der Waals surface area contributed by atoms with Crippen LogP contribution < -0.4 is 11.5 Å². The SMILES string of the molecule is CCOC1CCN(CC(C)(N)C(N)=O)CC1. The van der Waals surface area contributed by atoms with Crippen LogP contribution in [0.4, 0.5) is 0 Å². The molecule has 1 aliphatic rings. The van der Waals surface area contributed by atoms with Crippen LogP contribution >= 0.6 is 0 Å². The third-order valence-corrected chi connectivity index (χ3v) is 3.05. The van der Waals surface area contributed by atoms with Gasteiger partial charge in [-0.1, -0.05) is 0 Å². The lowest BCUT2D eigenvalue weighted by Crippen LogP contribution is -2.58. The number of piperidine rings is 1. The monoisotopic (exact) mass is 229 g/mol. The first-order valence-corrected chi connectivity index (χ1v) is 5.88. The molecule has 0 saturated carbocycles. The summed E-state index contributed by atoms with van der Waals surface area (Å²) in [4.78, 5) is 13.3. The van der Waals surface area contributed by atoms with E-state index in [1.807, 2.05) is 6.92 Å². The molecule has 1 rings (SSSR count). The summed E-state index contributed by atoms with van der Waals surface area (Å²) in [6.07, 6.45) is 2.37. The van der Waals surface area contributed by atoms with Gasteiger partial charge in [0, 0.05) is 26.2 Å². The molecule has 94 valence electrons. The summed E-state index contributed by atoms with van der Waals surface area (Å²) in [5.74, 6) is -0.445. The van der Waals surface area contributed by atoms with Crippen LogP contribution in [0.5, 0.6) is 0 Å². The Morgan fingerprint density at radius 1 is 1.50 bits per heavy atom. The number of likely N-dealkylation sites (tertiary alicyclic amines) is 1. The van der Waals surface area contributed by atoms with Crippen LogP contribution in [0.25, 0.3) is 0 Å². The number of nitrogens with two attached hydrogens (primary N) is 2. The second kappa shape index (κ2) is 5.61. The normalized spacial score (nSPS) is 22.9. The average Bonchev–Trinajstić information content (AvgIpc) is 2.21. The van der Waals surface area contributed by atoms with Gasteiger partial charge in [-0.25, -0.2) is 0 Å². The predicted molar refractivity (Wildman–Crippen MR) is 62.9 cm³/mol. The van der Waals surface area contributed by atoms with Gasteiger partial charge in [0.25, 0.3) is 0 Å². The smallest absolute Gasteiger partial charge is 0.238 e. The molecule has 0 spiro atoms. The van der Waals surface area contributed by atoms with E-state index in [-0.39, 0.29) is 0 Å². The Bertz CT molecular complexity index is 235. The summed E-state index contributed by atoms with van der Waals surface area (Å²) in [6.45, 7) is 6.83. The van der Waals surface area contributed by atoms with Crippen LogP contribution in [-0.2, 0) is 9.53 Å². The molecular formula is C11H23N3O2. The molecule has 5 nitrogen and oxygen atoms in total. The molecule has 0 radical (unpaired) electrons. The minimum atomic E-state index is -0.932. The molecule has 0 aliphatic carbocycles. The fourth-order valence-corrected chi connectivity index (χ4v) is 2.01. The van der Waals surface area contributed by atoms with Crippen LogP contribution in [-0.4, -0.2) is 48.7 Å². The lowest BCUT2D eigenvalue weighted by Gasteiger charge is -2.35. The van der Waals surface area contributed by atoms with Crippen molar-refractivity contribution in [3.8, 4) is 0 Å². The highest BCUT2D eigenvalue weighted by Gasteiger charge is 2.30. The summed E-state index contributed by atoms with van der Waals surface area (Å²) < 4.78 is 5.56. The maximum Gasteiger partial charge on any atom is 0.238 e. The van der Waals surface area contributed by atoms with Gasteiger partial charge in [-0.15, -0.1) is 0 Å². The van der Waals surface area contributed by atoms with E-state index in [4.69, 9.17) is 16.2 Å². The van der Waals surface area contributed by atoms with E-state index in [9.17, 15) is 4.79 Å². The maximum absolute atomic E-state index is 11.1. The maximum atomic E-state index is 11.1. The number of rotatable bonds is 5. The molecule has 1 saturated heterocycles. The first-order valence-electron chi connectivity index (χ1n) is 5.88. The number of carbonyl (C=O) groups is 1. The molecule has 1 fully saturated rings. The van der Waals surface area contributed by atoms with Crippen LogP contribution in [0.2, 0.25) is 0 Å². The lowest BCUT2D eigenvalue weighted by molar-refractivity contribution is -0.123. The topological polar surface area (TPSA) is 81.6 Å². The molecule has 1 heterocycles. The number of primary amides is 1. The van der Waals surface area contributed by atoms with Crippen molar-refractivity contribution in [1.29, 1.82) is 0 Å². The molecule has 0 aromatic rings. The van der Waals surface area contributed by atoms with Gasteiger partial charge in [0.15, 0.2) is 0 Å². The highest BCUT2D eigenvalue weighted by atomic mass is 16.5. The minimum Gasteiger partial charge on any atom is -0.378 e. The first kappa shape index (κ1) is 13.4. The van der Waals surface area contributed by atoms with E-state index in [0.29, 0.717) is 12.6 Å². The zero-order chi connectivity index (χ0) is 12.2. The Balaban J connectivity index is 2.34. The summed E-state index contributed by atoms with van der Waals surface area (Å²) >= 11 is 0. The van der Waals surface area contributed by atoms with E-state index in [2.05, 4.69) is 4.90 Å². The van der Waals surface area contributed by atoms with Gasteiger partial charge in [-0.3, -0.25) is 4.79 Å². The third kappa shape index (κ3) is 3.73. The van der Waals surface area contributed by atoms with Gasteiger partial charge >= 0.3 is 0 Å². The van der Waals surface area contributed by atoms with E-state index >= 15 is 0 Å². The van der Waals surface area contributed by atoms with Crippen LogP contribution in [0.3, 0.4) is 0 Å². The van der Waals surface area contributed by atoms with Crippen molar-refractivity contribution in [3.05, 3.63) is 0 Å². The van der Waals surface area contributed by atoms with E-state index in [1.165, 1.54) is 0 Å². The Morgan fingerprint density at radius 2 is 2.06 bits per heavy atom. The fourth-order valence-electron chi connectivity index (χ4n) is 2.01. The standard InChI is InChI=1S/C11H23N3O2/c1-3-16-9-4-6-14(7-5-9)8-11(2,13)10(12)15/h9H,3-8,13H2,1-2H3,(H2,12,15). The largest absolute Gasteiger partial charge is 0.378 e. The number of hydrogen-bond acceptors (Lipinski definition) is 4. The van der Waals surface area contributed by atoms with Crippen molar-refractivity contribution in [2.75, 3.05) is 26.2 Å². The number of nitrogens with zero attached hydrogens (tertiary/aromatic N) is 1. The quantitative estimate of drug-likeness (QED) is 0.677. The molecule has 0 aromatic heterocycles. The van der Waals surface area contributed by atoms with Crippen molar-refractivity contribution in [2.45, 2.75) is 38.3 Å². The summed E-state index contributed by atoms with van der Waals surface area (Å²) in [5.41, 5.74) is 10.2. The number of hydrogen-bond donors (Lipinski definition) is 2. The zero-order valence-corrected chi connectivity index (χ0v) is 10.2. The van der Waals surface area contributed by atoms with Gasteiger partial charge in [-0.2, -0.15) is 0 Å². The van der Waals surface area contributed by atoms with Crippen LogP contribution in [0, 0.1) is 0 Å². The highest BCUT2D eigenvalue weighted by Crippen LogP contribution is 2.15. The van der Waals surface area contributed by atoms with Crippen molar-refractivity contribution < 1.29 is 9.53 Å². The number of ether oxygens (including phenoxy) is 1. The molecule has 4 N–H and O–H groups in total. The number of amides is 1. The summed E-state index contributed by atoms with van der Waals surface area (Å²) in [5, 5.41) is 0. The molecule has 1 aliphatic heterocycles. The van der Waals surface area contributed by atoms with E-state index in [0.717, 1.165) is 32.5 Å². The van der Waals surface area contributed by atoms with Crippen molar-refractivity contribution in [2.24, 2.45) is 11.5 Å². The average molecular weight is 229 g/mol. The first-order chi connectivity index (χ1) is 7.45. The third-order valence-electron chi connectivity index (χ3n) is 3.05. The molecule has 1 amide bonds. The second-order valence-electron chi connectivity index (χ2n) is 4.71. The predicted octanol–water partition coefficient (Wildman–Crippen LogP) is -0.310. The van der Waals surface area contributed by atoms with Crippen LogP contribution in [0.15, 0.2) is 0 Å². The number of carbonyl (C=O) groups excluding carboxylic acids is 1. The molecule has 1 atom stereocenters. The summed E-state index contributed by atoms with van der Waals surface area (Å²) in [7, 11) is 0. The van der Waals surface area contributed by atoms with E-state index in [1.54, 1.807) is 6.92 Å². The Hall–Kier alpha value is -0.650. The molecule has 16 heavy (non-hydrogen) atoms. The van der Waals surface area contributed by atoms with Gasteiger partial charge in [0.2, 0.25) is 5.91 Å². The van der Waals surface area contributed by atoms with Crippen LogP contribution in [0.1, 0.15) is 26.7 Å². The Labute approximate surface area is 97.1 Å². The Morgan fingerprint density at radius 3 is 2.50 bits per heavy atom. The minimum absolute atomic E-state index is 0.360. The van der Waals surface area contributed by atoms with Gasteiger partial charge in [0.1, 0.15) is 5.54 Å². The highest BCUT2D eigenvalue weighted by molar-refractivity contribution is 5.84. The van der Waals surface area contributed by atoms with Crippen molar-refractivity contribution >= 4 is 5.91 Å². The van der Waals surface area contributed by atoms with Crippen molar-refractivity contribution in [1.82, 2.24) is 4.90 Å². The van der Waals surface area contributed by atoms with Gasteiger partial charge in [-0.05, 0) is 26.7 Å². The fraction of sp³-hybridized carbons (Fsp3) is 0.909. The second-order valence-corrected chi connectivity index (χ2v) is 4.71. The molecule has 5 heteroatoms.